The number of hydrogen-bond donors (Lipinski definition) is 1. The third-order valence-electron chi connectivity index (χ3n) is 4.76. The molecule has 21 heavy (non-hydrogen) atoms. The lowest BCUT2D eigenvalue weighted by Gasteiger charge is -2.27. The lowest BCUT2D eigenvalue weighted by atomic mass is 9.86. The number of amides is 2. The third kappa shape index (κ3) is 2.80. The van der Waals surface area contributed by atoms with Crippen LogP contribution in [0.4, 0.5) is 5.69 Å². The van der Waals surface area contributed by atoms with Crippen LogP contribution < -0.4 is 10.6 Å². The molecule has 0 aromatic heterocycles. The standard InChI is InChI=1S/C17H22N2O2/c18-17(21)15-11-13-8-4-5-9-14(13)19(15)16(20)10-12-6-2-1-3-7-12/h4-5,8-9,12,15H,1-3,6-7,10-11H2,(H2,18,21). The first-order valence-electron chi connectivity index (χ1n) is 7.86. The number of nitrogens with zero attached hydrogens (tertiary/aromatic N) is 1. The molecule has 1 heterocycles. The summed E-state index contributed by atoms with van der Waals surface area (Å²) in [5, 5.41) is 0. The van der Waals surface area contributed by atoms with Gasteiger partial charge in [-0.25, -0.2) is 0 Å². The molecule has 1 unspecified atom stereocenters. The molecular weight excluding hydrogens is 264 g/mol. The lowest BCUT2D eigenvalue weighted by Crippen LogP contribution is -2.46. The van der Waals surface area contributed by atoms with Gasteiger partial charge in [-0.3, -0.25) is 14.5 Å². The highest BCUT2D eigenvalue weighted by atomic mass is 16.2. The van der Waals surface area contributed by atoms with Crippen molar-refractivity contribution in [2.45, 2.75) is 51.0 Å². The third-order valence-corrected chi connectivity index (χ3v) is 4.76. The van der Waals surface area contributed by atoms with Gasteiger partial charge in [0.15, 0.2) is 0 Å². The number of nitrogens with two attached hydrogens (primary N) is 1. The van der Waals surface area contributed by atoms with Gasteiger partial charge in [0.25, 0.3) is 0 Å². The molecule has 1 fully saturated rings. The van der Waals surface area contributed by atoms with Crippen molar-refractivity contribution < 1.29 is 9.59 Å². The van der Waals surface area contributed by atoms with Crippen LogP contribution in [0.1, 0.15) is 44.1 Å². The first-order chi connectivity index (χ1) is 10.2. The van der Waals surface area contributed by atoms with Gasteiger partial charge in [-0.1, -0.05) is 37.5 Å². The van der Waals surface area contributed by atoms with Crippen molar-refractivity contribution in [2.75, 3.05) is 4.90 Å². The highest BCUT2D eigenvalue weighted by Gasteiger charge is 2.37. The molecule has 3 rings (SSSR count). The quantitative estimate of drug-likeness (QED) is 0.927. The Morgan fingerprint density at radius 3 is 2.57 bits per heavy atom. The van der Waals surface area contributed by atoms with Gasteiger partial charge in [-0.15, -0.1) is 0 Å². The van der Waals surface area contributed by atoms with E-state index < -0.39 is 11.9 Å². The van der Waals surface area contributed by atoms with Crippen LogP contribution in [-0.2, 0) is 16.0 Å². The number of fused-ring (bicyclic) bond motifs is 1. The Bertz CT molecular complexity index is 549. The second kappa shape index (κ2) is 5.88. The fourth-order valence-corrected chi connectivity index (χ4v) is 3.66. The van der Waals surface area contributed by atoms with Crippen molar-refractivity contribution in [1.29, 1.82) is 0 Å². The molecule has 1 aliphatic heterocycles. The van der Waals surface area contributed by atoms with Crippen LogP contribution in [0.2, 0.25) is 0 Å². The van der Waals surface area contributed by atoms with Gasteiger partial charge in [0.2, 0.25) is 11.8 Å². The van der Waals surface area contributed by atoms with E-state index in [1.807, 2.05) is 24.3 Å². The predicted molar refractivity (Wildman–Crippen MR) is 81.8 cm³/mol. The molecule has 1 saturated carbocycles. The molecule has 2 amide bonds. The van der Waals surface area contributed by atoms with E-state index in [0.717, 1.165) is 24.1 Å². The number of primary amides is 1. The minimum atomic E-state index is -0.515. The molecule has 0 saturated heterocycles. The topological polar surface area (TPSA) is 63.4 Å². The summed E-state index contributed by atoms with van der Waals surface area (Å²) >= 11 is 0. The number of carbonyl (C=O) groups is 2. The maximum atomic E-state index is 12.7. The van der Waals surface area contributed by atoms with Crippen LogP contribution >= 0.6 is 0 Å². The van der Waals surface area contributed by atoms with E-state index in [1.54, 1.807) is 4.90 Å². The van der Waals surface area contributed by atoms with Crippen molar-refractivity contribution in [1.82, 2.24) is 0 Å². The maximum Gasteiger partial charge on any atom is 0.240 e. The number of rotatable bonds is 3. The largest absolute Gasteiger partial charge is 0.368 e. The summed E-state index contributed by atoms with van der Waals surface area (Å²) in [6.07, 6.45) is 7.05. The molecule has 1 atom stereocenters. The normalized spacial score (nSPS) is 22.1. The van der Waals surface area contributed by atoms with E-state index in [0.29, 0.717) is 18.8 Å². The lowest BCUT2D eigenvalue weighted by molar-refractivity contribution is -0.124. The van der Waals surface area contributed by atoms with Crippen molar-refractivity contribution in [2.24, 2.45) is 11.7 Å². The van der Waals surface area contributed by atoms with Crippen molar-refractivity contribution in [3.8, 4) is 0 Å². The molecule has 1 aromatic carbocycles. The number of anilines is 1. The van der Waals surface area contributed by atoms with Gasteiger partial charge >= 0.3 is 0 Å². The van der Waals surface area contributed by atoms with Crippen LogP contribution in [0, 0.1) is 5.92 Å². The van der Waals surface area contributed by atoms with E-state index >= 15 is 0 Å². The predicted octanol–water partition coefficient (Wildman–Crippen LogP) is 2.40. The van der Waals surface area contributed by atoms with Crippen molar-refractivity contribution in [3.63, 3.8) is 0 Å². The van der Waals surface area contributed by atoms with E-state index in [-0.39, 0.29) is 5.91 Å². The molecule has 0 radical (unpaired) electrons. The van der Waals surface area contributed by atoms with E-state index in [4.69, 9.17) is 5.73 Å². The summed E-state index contributed by atoms with van der Waals surface area (Å²) in [4.78, 5) is 26.1. The molecule has 112 valence electrons. The molecule has 4 nitrogen and oxygen atoms in total. The minimum absolute atomic E-state index is 0.0515. The Labute approximate surface area is 125 Å². The summed E-state index contributed by atoms with van der Waals surface area (Å²) in [6.45, 7) is 0. The number of carbonyl (C=O) groups excluding carboxylic acids is 2. The average molecular weight is 286 g/mol. The Kier molecular flexibility index (Phi) is 3.95. The molecule has 4 heteroatoms. The zero-order chi connectivity index (χ0) is 14.8. The Balaban J connectivity index is 1.80. The van der Waals surface area contributed by atoms with Gasteiger partial charge in [0.05, 0.1) is 0 Å². The molecule has 1 aliphatic carbocycles. The smallest absolute Gasteiger partial charge is 0.240 e. The SMILES string of the molecule is NC(=O)C1Cc2ccccc2N1C(=O)CC1CCCCC1. The first-order valence-corrected chi connectivity index (χ1v) is 7.86. The number of para-hydroxylation sites is 1. The second-order valence-electron chi connectivity index (χ2n) is 6.22. The van der Waals surface area contributed by atoms with Gasteiger partial charge in [0, 0.05) is 18.5 Å². The summed E-state index contributed by atoms with van der Waals surface area (Å²) in [5.74, 6) is 0.103. The fraction of sp³-hybridized carbons (Fsp3) is 0.529. The van der Waals surface area contributed by atoms with E-state index in [9.17, 15) is 9.59 Å². The van der Waals surface area contributed by atoms with Crippen LogP contribution in [0.15, 0.2) is 24.3 Å². The summed E-state index contributed by atoms with van der Waals surface area (Å²) in [7, 11) is 0. The average Bonchev–Trinajstić information content (AvgIpc) is 2.88. The Morgan fingerprint density at radius 2 is 1.86 bits per heavy atom. The van der Waals surface area contributed by atoms with E-state index in [1.165, 1.54) is 19.3 Å². The zero-order valence-corrected chi connectivity index (χ0v) is 12.3. The van der Waals surface area contributed by atoms with Crippen molar-refractivity contribution >= 4 is 17.5 Å². The molecule has 1 aromatic rings. The zero-order valence-electron chi connectivity index (χ0n) is 12.3. The number of hydrogen-bond acceptors (Lipinski definition) is 2. The maximum absolute atomic E-state index is 12.7. The monoisotopic (exact) mass is 286 g/mol. The molecule has 0 bridgehead atoms. The van der Waals surface area contributed by atoms with Crippen molar-refractivity contribution in [3.05, 3.63) is 29.8 Å². The second-order valence-corrected chi connectivity index (χ2v) is 6.22. The van der Waals surface area contributed by atoms with Crippen LogP contribution in [-0.4, -0.2) is 17.9 Å². The molecule has 0 spiro atoms. The van der Waals surface area contributed by atoms with E-state index in [2.05, 4.69) is 0 Å². The summed E-state index contributed by atoms with van der Waals surface area (Å²) < 4.78 is 0. The van der Waals surface area contributed by atoms with Gasteiger partial charge in [-0.2, -0.15) is 0 Å². The first kappa shape index (κ1) is 14.1. The van der Waals surface area contributed by atoms with Gasteiger partial charge in [0.1, 0.15) is 6.04 Å². The fourth-order valence-electron chi connectivity index (χ4n) is 3.66. The van der Waals surface area contributed by atoms with Crippen LogP contribution in [0.25, 0.3) is 0 Å². The van der Waals surface area contributed by atoms with Gasteiger partial charge < -0.3 is 5.73 Å². The molecule has 2 N–H and O–H groups in total. The van der Waals surface area contributed by atoms with Crippen LogP contribution in [0.5, 0.6) is 0 Å². The number of benzene rings is 1. The minimum Gasteiger partial charge on any atom is -0.368 e. The highest BCUT2D eigenvalue weighted by molar-refractivity contribution is 6.03. The van der Waals surface area contributed by atoms with Gasteiger partial charge in [-0.05, 0) is 30.4 Å². The summed E-state index contributed by atoms with van der Waals surface area (Å²) in [5.41, 5.74) is 7.41. The Hall–Kier alpha value is -1.84. The molecular formula is C17H22N2O2. The highest BCUT2D eigenvalue weighted by Crippen LogP contribution is 2.34. The summed E-state index contributed by atoms with van der Waals surface area (Å²) in [6, 6.07) is 7.21. The van der Waals surface area contributed by atoms with Crippen LogP contribution in [0.3, 0.4) is 0 Å². The Morgan fingerprint density at radius 1 is 1.14 bits per heavy atom. The molecule has 2 aliphatic rings.